The minimum Gasteiger partial charge on any atom is -0.383 e. The topological polar surface area (TPSA) is 95.6 Å². The fourth-order valence-electron chi connectivity index (χ4n) is 2.74. The van der Waals surface area contributed by atoms with Gasteiger partial charge in [0.05, 0.1) is 19.2 Å². The van der Waals surface area contributed by atoms with Crippen molar-refractivity contribution in [3.8, 4) is 0 Å². The SMILES string of the molecule is COCC(C)NC(=O)NC(=O)CN1CCNCC1c1cccnc1.Cl. The molecule has 25 heavy (non-hydrogen) atoms. The van der Waals surface area contributed by atoms with Crippen molar-refractivity contribution in [1.82, 2.24) is 25.8 Å². The first-order chi connectivity index (χ1) is 11.6. The van der Waals surface area contributed by atoms with Gasteiger partial charge in [0.15, 0.2) is 0 Å². The van der Waals surface area contributed by atoms with Gasteiger partial charge in [0.25, 0.3) is 0 Å². The fraction of sp³-hybridized carbons (Fsp3) is 0.562. The van der Waals surface area contributed by atoms with Crippen molar-refractivity contribution in [2.75, 3.05) is 39.9 Å². The number of piperazine rings is 1. The summed E-state index contributed by atoms with van der Waals surface area (Å²) in [4.78, 5) is 30.1. The molecule has 8 nitrogen and oxygen atoms in total. The minimum atomic E-state index is -0.502. The number of aromatic nitrogens is 1. The number of amides is 3. The molecule has 0 spiro atoms. The van der Waals surface area contributed by atoms with Crippen LogP contribution in [0.25, 0.3) is 0 Å². The van der Waals surface area contributed by atoms with Crippen molar-refractivity contribution < 1.29 is 14.3 Å². The molecule has 140 valence electrons. The Morgan fingerprint density at radius 2 is 2.32 bits per heavy atom. The molecule has 0 saturated carbocycles. The molecule has 1 aromatic heterocycles. The number of nitrogens with one attached hydrogen (secondary N) is 3. The van der Waals surface area contributed by atoms with E-state index in [2.05, 4.69) is 25.8 Å². The Labute approximate surface area is 154 Å². The average molecular weight is 372 g/mol. The van der Waals surface area contributed by atoms with E-state index in [0.29, 0.717) is 6.61 Å². The van der Waals surface area contributed by atoms with Gasteiger partial charge in [0, 0.05) is 45.2 Å². The van der Waals surface area contributed by atoms with E-state index in [9.17, 15) is 9.59 Å². The highest BCUT2D eigenvalue weighted by molar-refractivity contribution is 5.95. The largest absolute Gasteiger partial charge is 0.383 e. The highest BCUT2D eigenvalue weighted by Crippen LogP contribution is 2.20. The molecular weight excluding hydrogens is 346 g/mol. The Morgan fingerprint density at radius 1 is 1.52 bits per heavy atom. The third-order valence-electron chi connectivity index (χ3n) is 3.82. The second kappa shape index (κ2) is 11.0. The van der Waals surface area contributed by atoms with Crippen LogP contribution in [0, 0.1) is 0 Å². The Kier molecular flexibility index (Phi) is 9.36. The number of nitrogens with zero attached hydrogens (tertiary/aromatic N) is 2. The molecule has 3 amide bonds. The van der Waals surface area contributed by atoms with E-state index in [4.69, 9.17) is 4.74 Å². The molecule has 0 radical (unpaired) electrons. The van der Waals surface area contributed by atoms with Crippen LogP contribution >= 0.6 is 12.4 Å². The molecule has 1 fully saturated rings. The predicted octanol–water partition coefficient (Wildman–Crippen LogP) is 0.310. The lowest BCUT2D eigenvalue weighted by Gasteiger charge is -2.35. The van der Waals surface area contributed by atoms with Crippen LogP contribution in [0.3, 0.4) is 0 Å². The maximum Gasteiger partial charge on any atom is 0.321 e. The van der Waals surface area contributed by atoms with Gasteiger partial charge < -0.3 is 15.4 Å². The molecule has 1 aliphatic heterocycles. The molecule has 1 aliphatic rings. The number of imide groups is 1. The summed E-state index contributed by atoms with van der Waals surface area (Å²) in [6, 6.07) is 3.28. The van der Waals surface area contributed by atoms with Crippen LogP contribution in [0.5, 0.6) is 0 Å². The van der Waals surface area contributed by atoms with E-state index < -0.39 is 6.03 Å². The van der Waals surface area contributed by atoms with E-state index >= 15 is 0 Å². The van der Waals surface area contributed by atoms with Crippen molar-refractivity contribution in [2.45, 2.75) is 19.0 Å². The quantitative estimate of drug-likeness (QED) is 0.666. The van der Waals surface area contributed by atoms with Gasteiger partial charge in [0.1, 0.15) is 0 Å². The molecule has 1 aromatic rings. The van der Waals surface area contributed by atoms with Gasteiger partial charge in [-0.15, -0.1) is 12.4 Å². The summed E-state index contributed by atoms with van der Waals surface area (Å²) in [7, 11) is 1.56. The zero-order valence-electron chi connectivity index (χ0n) is 14.5. The number of carbonyl (C=O) groups is 2. The zero-order chi connectivity index (χ0) is 17.4. The second-order valence-corrected chi connectivity index (χ2v) is 5.85. The van der Waals surface area contributed by atoms with E-state index in [0.717, 1.165) is 25.2 Å². The van der Waals surface area contributed by atoms with Crippen molar-refractivity contribution in [1.29, 1.82) is 0 Å². The van der Waals surface area contributed by atoms with Crippen molar-refractivity contribution in [3.05, 3.63) is 30.1 Å². The Balaban J connectivity index is 0.00000312. The maximum atomic E-state index is 12.2. The monoisotopic (exact) mass is 371 g/mol. The lowest BCUT2D eigenvalue weighted by atomic mass is 10.1. The van der Waals surface area contributed by atoms with Gasteiger partial charge in [0.2, 0.25) is 5.91 Å². The normalized spacial score (nSPS) is 18.7. The smallest absolute Gasteiger partial charge is 0.321 e. The average Bonchev–Trinajstić information content (AvgIpc) is 2.56. The van der Waals surface area contributed by atoms with Gasteiger partial charge in [-0.2, -0.15) is 0 Å². The van der Waals surface area contributed by atoms with Gasteiger partial charge in [-0.25, -0.2) is 4.79 Å². The lowest BCUT2D eigenvalue weighted by Crippen LogP contribution is -2.52. The first-order valence-electron chi connectivity index (χ1n) is 8.04. The van der Waals surface area contributed by atoms with E-state index in [-0.39, 0.29) is 36.9 Å². The van der Waals surface area contributed by atoms with Crippen molar-refractivity contribution in [3.63, 3.8) is 0 Å². The molecule has 1 saturated heterocycles. The fourth-order valence-corrected chi connectivity index (χ4v) is 2.74. The molecule has 2 rings (SSSR count). The first kappa shape index (κ1) is 21.3. The minimum absolute atomic E-state index is 0. The van der Waals surface area contributed by atoms with E-state index in [1.807, 2.05) is 25.3 Å². The maximum absolute atomic E-state index is 12.2. The number of hydrogen-bond acceptors (Lipinski definition) is 6. The summed E-state index contributed by atoms with van der Waals surface area (Å²) < 4.78 is 4.95. The van der Waals surface area contributed by atoms with Gasteiger partial charge >= 0.3 is 6.03 Å². The molecule has 2 atom stereocenters. The van der Waals surface area contributed by atoms with Crippen LogP contribution in [0.4, 0.5) is 4.79 Å². The van der Waals surface area contributed by atoms with Gasteiger partial charge in [-0.3, -0.25) is 20.0 Å². The summed E-state index contributed by atoms with van der Waals surface area (Å²) in [5.41, 5.74) is 1.05. The van der Waals surface area contributed by atoms with Crippen LogP contribution in [-0.4, -0.2) is 67.8 Å². The third kappa shape index (κ3) is 6.95. The van der Waals surface area contributed by atoms with Gasteiger partial charge in [-0.05, 0) is 18.6 Å². The second-order valence-electron chi connectivity index (χ2n) is 5.85. The predicted molar refractivity (Wildman–Crippen MR) is 96.7 cm³/mol. The molecular formula is C16H26ClN5O3. The summed E-state index contributed by atoms with van der Waals surface area (Å²) in [5, 5.41) is 8.34. The van der Waals surface area contributed by atoms with Crippen LogP contribution < -0.4 is 16.0 Å². The van der Waals surface area contributed by atoms with Crippen LogP contribution in [0.1, 0.15) is 18.5 Å². The molecule has 2 heterocycles. The summed E-state index contributed by atoms with van der Waals surface area (Å²) in [5.74, 6) is -0.326. The molecule has 0 aliphatic carbocycles. The van der Waals surface area contributed by atoms with Crippen molar-refractivity contribution in [2.24, 2.45) is 0 Å². The Bertz CT molecular complexity index is 546. The van der Waals surface area contributed by atoms with E-state index in [1.54, 1.807) is 13.3 Å². The highest BCUT2D eigenvalue weighted by Gasteiger charge is 2.26. The van der Waals surface area contributed by atoms with Crippen LogP contribution in [0.2, 0.25) is 0 Å². The number of pyridine rings is 1. The third-order valence-corrected chi connectivity index (χ3v) is 3.82. The number of methoxy groups -OCH3 is 1. The number of carbonyl (C=O) groups excluding carboxylic acids is 2. The zero-order valence-corrected chi connectivity index (χ0v) is 15.3. The molecule has 0 aromatic carbocycles. The number of halogens is 1. The molecule has 2 unspecified atom stereocenters. The van der Waals surface area contributed by atoms with Crippen LogP contribution in [-0.2, 0) is 9.53 Å². The van der Waals surface area contributed by atoms with Crippen molar-refractivity contribution >= 4 is 24.3 Å². The summed E-state index contributed by atoms with van der Waals surface area (Å²) in [6.07, 6.45) is 3.53. The standard InChI is InChI=1S/C16H25N5O3.ClH/c1-12(11-24-2)19-16(23)20-15(22)10-21-7-6-18-9-14(21)13-4-3-5-17-8-13;/h3-5,8,12,14,18H,6-7,9-11H2,1-2H3,(H2,19,20,22,23);1H. The molecule has 3 N–H and O–H groups in total. The number of rotatable bonds is 6. The first-order valence-corrected chi connectivity index (χ1v) is 8.04. The number of hydrogen-bond donors (Lipinski definition) is 3. The van der Waals surface area contributed by atoms with E-state index in [1.165, 1.54) is 0 Å². The lowest BCUT2D eigenvalue weighted by molar-refractivity contribution is -0.122. The van der Waals surface area contributed by atoms with Gasteiger partial charge in [-0.1, -0.05) is 6.07 Å². The number of ether oxygens (including phenoxy) is 1. The van der Waals surface area contributed by atoms with Crippen LogP contribution in [0.15, 0.2) is 24.5 Å². The highest BCUT2D eigenvalue weighted by atomic mass is 35.5. The Morgan fingerprint density at radius 3 is 3.00 bits per heavy atom. The summed E-state index contributed by atoms with van der Waals surface area (Å²) in [6.45, 7) is 4.64. The summed E-state index contributed by atoms with van der Waals surface area (Å²) >= 11 is 0. The Hall–Kier alpha value is -1.74. The molecule has 0 bridgehead atoms. The number of urea groups is 1. The molecule has 9 heteroatoms.